The topological polar surface area (TPSA) is 73.5 Å². The summed E-state index contributed by atoms with van der Waals surface area (Å²) in [5, 5.41) is 10.0. The fourth-order valence-corrected chi connectivity index (χ4v) is 5.21. The number of halogens is 1. The van der Waals surface area contributed by atoms with E-state index >= 15 is 0 Å². The Balaban J connectivity index is 1.25. The Morgan fingerprint density at radius 3 is 2.75 bits per heavy atom. The lowest BCUT2D eigenvalue weighted by Gasteiger charge is -2.43. The molecule has 2 heterocycles. The van der Waals surface area contributed by atoms with Crippen LogP contribution >= 0.6 is 23.4 Å². The predicted molar refractivity (Wildman–Crippen MR) is 131 cm³/mol. The van der Waals surface area contributed by atoms with Crippen molar-refractivity contribution in [3.05, 3.63) is 64.2 Å². The average molecular weight is 473 g/mol. The Labute approximate surface area is 198 Å². The van der Waals surface area contributed by atoms with Crippen molar-refractivity contribution in [3.8, 4) is 0 Å². The minimum absolute atomic E-state index is 0.0607. The maximum atomic E-state index is 12.8. The van der Waals surface area contributed by atoms with Crippen molar-refractivity contribution in [2.45, 2.75) is 38.4 Å². The van der Waals surface area contributed by atoms with Gasteiger partial charge < -0.3 is 10.6 Å². The van der Waals surface area contributed by atoms with E-state index in [-0.39, 0.29) is 35.0 Å². The Bertz CT molecular complexity index is 984. The number of amides is 2. The SMILES string of the molecule is Cc1ccc(CN2CCC3NC(SCC(=O)Nc4ccc(C)c(Cl)c4)NC(=O)C3C2)cc1. The number of fused-ring (bicyclic) bond motifs is 1. The lowest BCUT2D eigenvalue weighted by atomic mass is 9.89. The monoisotopic (exact) mass is 472 g/mol. The van der Waals surface area contributed by atoms with Crippen LogP contribution in [-0.2, 0) is 16.1 Å². The van der Waals surface area contributed by atoms with Gasteiger partial charge in [0.2, 0.25) is 11.8 Å². The molecular weight excluding hydrogens is 444 g/mol. The Kier molecular flexibility index (Phi) is 7.40. The van der Waals surface area contributed by atoms with E-state index in [9.17, 15) is 9.59 Å². The van der Waals surface area contributed by atoms with Crippen molar-refractivity contribution in [1.82, 2.24) is 15.5 Å². The number of piperidine rings is 1. The summed E-state index contributed by atoms with van der Waals surface area (Å²) in [5.74, 6) is 0.0987. The van der Waals surface area contributed by atoms with Crippen LogP contribution in [0.5, 0.6) is 0 Å². The Hall–Kier alpha value is -2.06. The van der Waals surface area contributed by atoms with E-state index in [0.29, 0.717) is 10.7 Å². The maximum absolute atomic E-state index is 12.8. The maximum Gasteiger partial charge on any atom is 0.234 e. The van der Waals surface area contributed by atoms with Gasteiger partial charge in [0.1, 0.15) is 5.50 Å². The third-order valence-electron chi connectivity index (χ3n) is 6.04. The number of carbonyl (C=O) groups excluding carboxylic acids is 2. The van der Waals surface area contributed by atoms with Crippen LogP contribution in [0.1, 0.15) is 23.1 Å². The summed E-state index contributed by atoms with van der Waals surface area (Å²) in [6.07, 6.45) is 0.912. The Morgan fingerprint density at radius 2 is 2.00 bits per heavy atom. The van der Waals surface area contributed by atoms with Gasteiger partial charge in [-0.3, -0.25) is 19.8 Å². The number of aryl methyl sites for hydroxylation is 2. The number of carbonyl (C=O) groups is 2. The van der Waals surface area contributed by atoms with Gasteiger partial charge in [0, 0.05) is 36.4 Å². The van der Waals surface area contributed by atoms with Crippen LogP contribution in [0.25, 0.3) is 0 Å². The number of hydrogen-bond donors (Lipinski definition) is 3. The molecule has 6 nitrogen and oxygen atoms in total. The van der Waals surface area contributed by atoms with Crippen LogP contribution in [0.3, 0.4) is 0 Å². The highest BCUT2D eigenvalue weighted by Crippen LogP contribution is 2.25. The number of rotatable bonds is 6. The molecule has 0 saturated carbocycles. The highest BCUT2D eigenvalue weighted by molar-refractivity contribution is 8.00. The minimum Gasteiger partial charge on any atom is -0.331 e. The number of anilines is 1. The first-order valence-corrected chi connectivity index (χ1v) is 12.3. The van der Waals surface area contributed by atoms with Gasteiger partial charge in [-0.1, -0.05) is 47.5 Å². The largest absolute Gasteiger partial charge is 0.331 e. The number of nitrogens with one attached hydrogen (secondary N) is 3. The fraction of sp³-hybridized carbons (Fsp3) is 0.417. The second-order valence-corrected chi connectivity index (χ2v) is 10.1. The molecule has 0 spiro atoms. The number of nitrogens with zero attached hydrogens (tertiary/aromatic N) is 1. The second kappa shape index (κ2) is 10.3. The van der Waals surface area contributed by atoms with E-state index in [0.717, 1.165) is 31.6 Å². The molecule has 2 aromatic rings. The van der Waals surface area contributed by atoms with E-state index in [1.165, 1.54) is 22.9 Å². The van der Waals surface area contributed by atoms with Crippen molar-refractivity contribution < 1.29 is 9.59 Å². The molecule has 32 heavy (non-hydrogen) atoms. The van der Waals surface area contributed by atoms with Crippen LogP contribution < -0.4 is 16.0 Å². The molecule has 4 rings (SSSR count). The van der Waals surface area contributed by atoms with Crippen molar-refractivity contribution in [3.63, 3.8) is 0 Å². The van der Waals surface area contributed by atoms with E-state index in [4.69, 9.17) is 11.6 Å². The standard InChI is InChI=1S/C24H29ClN4O2S/c1-15-3-6-17(7-4-15)12-29-10-9-21-19(13-29)23(31)28-24(27-21)32-14-22(30)26-18-8-5-16(2)20(25)11-18/h3-8,11,19,21,24,27H,9-10,12-14H2,1-2H3,(H,26,30)(H,28,31). The van der Waals surface area contributed by atoms with Gasteiger partial charge in [-0.25, -0.2) is 0 Å². The molecule has 0 aromatic heterocycles. The number of thioether (sulfide) groups is 1. The van der Waals surface area contributed by atoms with Crippen LogP contribution in [0, 0.1) is 19.8 Å². The van der Waals surface area contributed by atoms with E-state index in [2.05, 4.69) is 52.0 Å². The molecule has 3 unspecified atom stereocenters. The zero-order valence-electron chi connectivity index (χ0n) is 18.4. The smallest absolute Gasteiger partial charge is 0.234 e. The van der Waals surface area contributed by atoms with Crippen molar-refractivity contribution >= 4 is 40.9 Å². The summed E-state index contributed by atoms with van der Waals surface area (Å²) in [4.78, 5) is 27.5. The quantitative estimate of drug-likeness (QED) is 0.600. The molecule has 2 aliphatic rings. The molecule has 8 heteroatoms. The summed E-state index contributed by atoms with van der Waals surface area (Å²) in [5.41, 5.74) is 3.90. The summed E-state index contributed by atoms with van der Waals surface area (Å²) in [6, 6.07) is 14.2. The molecule has 0 bridgehead atoms. The van der Waals surface area contributed by atoms with Gasteiger partial charge in [-0.2, -0.15) is 0 Å². The lowest BCUT2D eigenvalue weighted by Crippen LogP contribution is -2.64. The number of likely N-dealkylation sites (tertiary alicyclic amines) is 1. The number of hydrogen-bond acceptors (Lipinski definition) is 5. The van der Waals surface area contributed by atoms with Gasteiger partial charge in [-0.05, 0) is 43.5 Å². The van der Waals surface area contributed by atoms with E-state index in [1.807, 2.05) is 19.1 Å². The normalized spacial score (nSPS) is 23.3. The molecule has 2 fully saturated rings. The average Bonchev–Trinajstić information content (AvgIpc) is 2.77. The Morgan fingerprint density at radius 1 is 1.22 bits per heavy atom. The predicted octanol–water partition coefficient (Wildman–Crippen LogP) is 3.52. The van der Waals surface area contributed by atoms with Gasteiger partial charge in [-0.15, -0.1) is 11.8 Å². The molecule has 3 atom stereocenters. The van der Waals surface area contributed by atoms with Crippen LogP contribution in [0.15, 0.2) is 42.5 Å². The van der Waals surface area contributed by atoms with Crippen LogP contribution in [0.2, 0.25) is 5.02 Å². The molecule has 2 amide bonds. The first kappa shape index (κ1) is 23.1. The van der Waals surface area contributed by atoms with Crippen molar-refractivity contribution in [1.29, 1.82) is 0 Å². The first-order chi connectivity index (χ1) is 15.4. The molecule has 2 saturated heterocycles. The minimum atomic E-state index is -0.264. The molecule has 170 valence electrons. The summed E-state index contributed by atoms with van der Waals surface area (Å²) < 4.78 is 0. The van der Waals surface area contributed by atoms with Gasteiger partial charge in [0.15, 0.2) is 0 Å². The molecule has 2 aliphatic heterocycles. The van der Waals surface area contributed by atoms with Gasteiger partial charge in [0.05, 0.1) is 11.7 Å². The molecule has 3 N–H and O–H groups in total. The number of benzene rings is 2. The molecule has 0 radical (unpaired) electrons. The molecular formula is C24H29ClN4O2S. The second-order valence-electron chi connectivity index (χ2n) is 8.60. The summed E-state index contributed by atoms with van der Waals surface area (Å²) in [6.45, 7) is 6.55. The molecule has 2 aromatic carbocycles. The van der Waals surface area contributed by atoms with Gasteiger partial charge >= 0.3 is 0 Å². The van der Waals surface area contributed by atoms with E-state index < -0.39 is 0 Å². The third-order valence-corrected chi connectivity index (χ3v) is 7.46. The van der Waals surface area contributed by atoms with Crippen molar-refractivity contribution in [2.75, 3.05) is 24.2 Å². The zero-order valence-corrected chi connectivity index (χ0v) is 19.9. The lowest BCUT2D eigenvalue weighted by molar-refractivity contribution is -0.130. The zero-order chi connectivity index (χ0) is 22.7. The molecule has 0 aliphatic carbocycles. The van der Waals surface area contributed by atoms with E-state index in [1.54, 1.807) is 6.07 Å². The van der Waals surface area contributed by atoms with Crippen LogP contribution in [-0.4, -0.2) is 47.1 Å². The first-order valence-electron chi connectivity index (χ1n) is 10.9. The highest BCUT2D eigenvalue weighted by atomic mass is 35.5. The highest BCUT2D eigenvalue weighted by Gasteiger charge is 2.39. The van der Waals surface area contributed by atoms with Crippen molar-refractivity contribution in [2.24, 2.45) is 5.92 Å². The third kappa shape index (κ3) is 5.84. The van der Waals surface area contributed by atoms with Crippen LogP contribution in [0.4, 0.5) is 5.69 Å². The summed E-state index contributed by atoms with van der Waals surface area (Å²) in [7, 11) is 0. The van der Waals surface area contributed by atoms with Gasteiger partial charge in [0.25, 0.3) is 0 Å². The fourth-order valence-electron chi connectivity index (χ4n) is 4.17. The summed E-state index contributed by atoms with van der Waals surface area (Å²) >= 11 is 7.52.